The summed E-state index contributed by atoms with van der Waals surface area (Å²) in [5.41, 5.74) is 5.73. The van der Waals surface area contributed by atoms with Crippen LogP contribution in [0.1, 0.15) is 39.0 Å². The molecule has 1 aliphatic heterocycles. The van der Waals surface area contributed by atoms with Crippen molar-refractivity contribution >= 4 is 23.1 Å². The summed E-state index contributed by atoms with van der Waals surface area (Å²) in [4.78, 5) is 12.8. The normalized spacial score (nSPS) is 35.6. The Balaban J connectivity index is 1.92. The fraction of sp³-hybridized carbons (Fsp3) is 0.846. The quantitative estimate of drug-likeness (QED) is 0.757. The molecule has 3 N–H and O–H groups in total. The minimum Gasteiger partial charge on any atom is -0.393 e. The molecule has 1 heterocycles. The number of hydrogen-bond acceptors (Lipinski definition) is 3. The van der Waals surface area contributed by atoms with E-state index < -0.39 is 0 Å². The van der Waals surface area contributed by atoms with E-state index in [1.807, 2.05) is 0 Å². The van der Waals surface area contributed by atoms with Gasteiger partial charge in [-0.25, -0.2) is 0 Å². The third-order valence-corrected chi connectivity index (χ3v) is 4.46. The minimum absolute atomic E-state index is 0.00240. The molecule has 0 radical (unpaired) electrons. The first-order chi connectivity index (χ1) is 8.63. The second-order valence-corrected chi connectivity index (χ2v) is 5.74. The highest BCUT2D eigenvalue weighted by Crippen LogP contribution is 2.28. The van der Waals surface area contributed by atoms with Gasteiger partial charge >= 0.3 is 0 Å². The number of rotatable bonds is 4. The van der Waals surface area contributed by atoms with Crippen LogP contribution in [-0.4, -0.2) is 29.6 Å². The van der Waals surface area contributed by atoms with Gasteiger partial charge in [-0.1, -0.05) is 25.6 Å². The van der Waals surface area contributed by atoms with Crippen molar-refractivity contribution in [1.82, 2.24) is 5.32 Å². The highest BCUT2D eigenvalue weighted by molar-refractivity contribution is 7.80. The standard InChI is InChI=1S/C13H22N2O2S/c1-2-11-9(6-7-17-11)13(16)15-10-5-3-4-8(10)12(14)18/h8-11H,2-7H2,1H3,(H2,14,18)(H,15,16). The van der Waals surface area contributed by atoms with Crippen molar-refractivity contribution in [2.45, 2.75) is 51.2 Å². The maximum atomic E-state index is 12.3. The number of thiocarbonyl (C=S) groups is 1. The Bertz CT molecular complexity index is 335. The van der Waals surface area contributed by atoms with Crippen LogP contribution in [0.25, 0.3) is 0 Å². The van der Waals surface area contributed by atoms with Crippen molar-refractivity contribution < 1.29 is 9.53 Å². The second-order valence-electron chi connectivity index (χ2n) is 5.27. The number of carbonyl (C=O) groups excluding carboxylic acids is 1. The van der Waals surface area contributed by atoms with E-state index in [4.69, 9.17) is 22.7 Å². The van der Waals surface area contributed by atoms with Crippen LogP contribution in [0, 0.1) is 11.8 Å². The number of amides is 1. The van der Waals surface area contributed by atoms with E-state index in [-0.39, 0.29) is 29.9 Å². The molecular weight excluding hydrogens is 248 g/mol. The molecule has 4 nitrogen and oxygen atoms in total. The molecule has 1 saturated carbocycles. The third kappa shape index (κ3) is 2.83. The Labute approximate surface area is 114 Å². The maximum Gasteiger partial charge on any atom is 0.226 e. The maximum absolute atomic E-state index is 12.3. The van der Waals surface area contributed by atoms with E-state index in [0.717, 1.165) is 32.1 Å². The summed E-state index contributed by atoms with van der Waals surface area (Å²) in [7, 11) is 0. The van der Waals surface area contributed by atoms with Gasteiger partial charge in [0.25, 0.3) is 0 Å². The smallest absolute Gasteiger partial charge is 0.226 e. The fourth-order valence-corrected chi connectivity index (χ4v) is 3.40. The summed E-state index contributed by atoms with van der Waals surface area (Å²) in [6.07, 6.45) is 4.87. The third-order valence-electron chi connectivity index (χ3n) is 4.16. The van der Waals surface area contributed by atoms with Crippen LogP contribution >= 0.6 is 12.2 Å². The average Bonchev–Trinajstić information content (AvgIpc) is 2.96. The Morgan fingerprint density at radius 2 is 2.17 bits per heavy atom. The topological polar surface area (TPSA) is 64.3 Å². The van der Waals surface area contributed by atoms with Crippen LogP contribution in [0.4, 0.5) is 0 Å². The van der Waals surface area contributed by atoms with Gasteiger partial charge in [0.1, 0.15) is 0 Å². The Morgan fingerprint density at radius 1 is 1.39 bits per heavy atom. The molecule has 0 aromatic heterocycles. The van der Waals surface area contributed by atoms with Crippen molar-refractivity contribution in [1.29, 1.82) is 0 Å². The molecule has 0 aromatic rings. The molecule has 1 saturated heterocycles. The highest BCUT2D eigenvalue weighted by Gasteiger charge is 2.36. The number of nitrogens with two attached hydrogens (primary N) is 1. The zero-order chi connectivity index (χ0) is 13.1. The molecule has 1 amide bonds. The van der Waals surface area contributed by atoms with Crippen LogP contribution < -0.4 is 11.1 Å². The summed E-state index contributed by atoms with van der Waals surface area (Å²) in [5, 5.41) is 3.13. The Kier molecular flexibility index (Phi) is 4.56. The lowest BCUT2D eigenvalue weighted by Crippen LogP contribution is -2.45. The van der Waals surface area contributed by atoms with Crippen molar-refractivity contribution in [2.75, 3.05) is 6.61 Å². The Hall–Kier alpha value is -0.680. The summed E-state index contributed by atoms with van der Waals surface area (Å²) in [6, 6.07) is 0.133. The molecule has 2 rings (SSSR count). The summed E-state index contributed by atoms with van der Waals surface area (Å²) in [6.45, 7) is 2.75. The largest absolute Gasteiger partial charge is 0.393 e. The van der Waals surface area contributed by atoms with Crippen molar-refractivity contribution in [3.05, 3.63) is 0 Å². The molecule has 4 atom stereocenters. The zero-order valence-corrected chi connectivity index (χ0v) is 11.7. The van der Waals surface area contributed by atoms with Gasteiger partial charge in [-0.05, 0) is 25.7 Å². The van der Waals surface area contributed by atoms with Gasteiger partial charge < -0.3 is 15.8 Å². The molecular formula is C13H22N2O2S. The molecule has 102 valence electrons. The molecule has 18 heavy (non-hydrogen) atoms. The first kappa shape index (κ1) is 13.7. The second kappa shape index (κ2) is 5.97. The van der Waals surface area contributed by atoms with E-state index in [9.17, 15) is 4.79 Å². The molecule has 2 aliphatic rings. The van der Waals surface area contributed by atoms with Gasteiger partial charge in [0, 0.05) is 18.6 Å². The van der Waals surface area contributed by atoms with Crippen LogP contribution in [0.3, 0.4) is 0 Å². The first-order valence-electron chi connectivity index (χ1n) is 6.84. The van der Waals surface area contributed by atoms with Gasteiger partial charge in [0.05, 0.1) is 17.0 Å². The van der Waals surface area contributed by atoms with Gasteiger partial charge in [0.2, 0.25) is 5.91 Å². The summed E-state index contributed by atoms with van der Waals surface area (Å²) in [5.74, 6) is 0.293. The number of nitrogens with one attached hydrogen (secondary N) is 1. The monoisotopic (exact) mass is 270 g/mol. The predicted octanol–water partition coefficient (Wildman–Crippen LogP) is 1.37. The lowest BCUT2D eigenvalue weighted by atomic mass is 9.97. The highest BCUT2D eigenvalue weighted by atomic mass is 32.1. The van der Waals surface area contributed by atoms with Crippen LogP contribution in [0.15, 0.2) is 0 Å². The van der Waals surface area contributed by atoms with Gasteiger partial charge in [-0.15, -0.1) is 0 Å². The van der Waals surface area contributed by atoms with E-state index in [1.165, 1.54) is 0 Å². The molecule has 2 fully saturated rings. The first-order valence-corrected chi connectivity index (χ1v) is 7.25. The molecule has 4 unspecified atom stereocenters. The Morgan fingerprint density at radius 3 is 2.83 bits per heavy atom. The van der Waals surface area contributed by atoms with Crippen LogP contribution in [0.2, 0.25) is 0 Å². The van der Waals surface area contributed by atoms with E-state index in [2.05, 4.69) is 12.2 Å². The molecule has 0 aromatic carbocycles. The van der Waals surface area contributed by atoms with Crippen LogP contribution in [0.5, 0.6) is 0 Å². The SMILES string of the molecule is CCC1OCCC1C(=O)NC1CCCC1C(N)=S. The van der Waals surface area contributed by atoms with Crippen molar-refractivity contribution in [3.63, 3.8) is 0 Å². The average molecular weight is 270 g/mol. The molecule has 5 heteroatoms. The predicted molar refractivity (Wildman–Crippen MR) is 74.2 cm³/mol. The minimum atomic E-state index is 0.00240. The number of hydrogen-bond donors (Lipinski definition) is 2. The van der Waals surface area contributed by atoms with Crippen molar-refractivity contribution in [2.24, 2.45) is 17.6 Å². The molecule has 1 aliphatic carbocycles. The number of carbonyl (C=O) groups is 1. The fourth-order valence-electron chi connectivity index (χ4n) is 3.11. The number of ether oxygens (including phenoxy) is 1. The van der Waals surface area contributed by atoms with E-state index in [0.29, 0.717) is 11.6 Å². The van der Waals surface area contributed by atoms with Crippen molar-refractivity contribution in [3.8, 4) is 0 Å². The van der Waals surface area contributed by atoms with E-state index >= 15 is 0 Å². The lowest BCUT2D eigenvalue weighted by Gasteiger charge is -2.23. The van der Waals surface area contributed by atoms with Crippen LogP contribution in [-0.2, 0) is 9.53 Å². The van der Waals surface area contributed by atoms with Gasteiger partial charge in [-0.3, -0.25) is 4.79 Å². The summed E-state index contributed by atoms with van der Waals surface area (Å²) >= 11 is 5.07. The molecule has 0 spiro atoms. The van der Waals surface area contributed by atoms with Gasteiger partial charge in [0.15, 0.2) is 0 Å². The van der Waals surface area contributed by atoms with Gasteiger partial charge in [-0.2, -0.15) is 0 Å². The summed E-state index contributed by atoms with van der Waals surface area (Å²) < 4.78 is 5.56. The molecule has 0 bridgehead atoms. The zero-order valence-electron chi connectivity index (χ0n) is 10.9. The lowest BCUT2D eigenvalue weighted by molar-refractivity contribution is -0.127. The van der Waals surface area contributed by atoms with E-state index in [1.54, 1.807) is 0 Å².